The predicted molar refractivity (Wildman–Crippen MR) is 316 cm³/mol. The van der Waals surface area contributed by atoms with E-state index in [9.17, 15) is 38.4 Å². The average Bonchev–Trinajstić information content (AvgIpc) is 3.59. The highest BCUT2D eigenvalue weighted by Gasteiger charge is 2.41. The molecule has 0 unspecified atom stereocenters. The first kappa shape index (κ1) is 73.7. The van der Waals surface area contributed by atoms with Crippen molar-refractivity contribution in [3.63, 3.8) is 0 Å². The number of ether oxygens (including phenoxy) is 16. The number of thioether (sulfide) groups is 4. The van der Waals surface area contributed by atoms with Crippen LogP contribution in [0.5, 0.6) is 0 Å². The second-order valence-electron chi connectivity index (χ2n) is 21.9. The Balaban J connectivity index is 1.29. The maximum atomic E-state index is 13.3. The molecule has 4 aliphatic heterocycles. The van der Waals surface area contributed by atoms with Gasteiger partial charge in [0, 0.05) is 49.4 Å². The molecular weight excluding hydrogens is 1200 g/mol. The van der Waals surface area contributed by atoms with Crippen molar-refractivity contribution in [1.82, 2.24) is 0 Å². The van der Waals surface area contributed by atoms with Crippen LogP contribution < -0.4 is 0 Å². The molecule has 0 aromatic rings. The molecule has 4 heterocycles. The van der Waals surface area contributed by atoms with Crippen molar-refractivity contribution >= 4 is 95.5 Å². The molecule has 4 aliphatic rings. The number of hydrogen-bond acceptors (Lipinski definition) is 28. The Morgan fingerprint density at radius 2 is 0.553 bits per heavy atom. The summed E-state index contributed by atoms with van der Waals surface area (Å²) in [4.78, 5) is 98.9. The molecule has 85 heavy (non-hydrogen) atoms. The summed E-state index contributed by atoms with van der Waals surface area (Å²) >= 11 is 6.18. The molecule has 0 aromatic heterocycles. The van der Waals surface area contributed by atoms with Crippen LogP contribution in [0, 0.1) is 27.1 Å². The van der Waals surface area contributed by atoms with E-state index in [4.69, 9.17) is 75.8 Å². The molecule has 0 aliphatic carbocycles. The van der Waals surface area contributed by atoms with Crippen molar-refractivity contribution in [3.8, 4) is 0 Å². The van der Waals surface area contributed by atoms with E-state index >= 15 is 0 Å². The monoisotopic (exact) mass is 1290 g/mol. The van der Waals surface area contributed by atoms with E-state index in [1.807, 2.05) is 27.7 Å². The van der Waals surface area contributed by atoms with Gasteiger partial charge in [-0.3, -0.25) is 19.2 Å². The van der Waals surface area contributed by atoms with E-state index in [0.717, 1.165) is 25.7 Å². The first-order valence-corrected chi connectivity index (χ1v) is 34.1. The minimum absolute atomic E-state index is 0.0470. The van der Waals surface area contributed by atoms with Gasteiger partial charge >= 0.3 is 48.5 Å². The highest BCUT2D eigenvalue weighted by atomic mass is 32.2. The van der Waals surface area contributed by atoms with Crippen LogP contribution in [0.3, 0.4) is 0 Å². The maximum absolute atomic E-state index is 13.3. The van der Waals surface area contributed by atoms with Gasteiger partial charge in [-0.15, -0.1) is 0 Å². The summed E-state index contributed by atoms with van der Waals surface area (Å²) in [5.74, 6) is 2.38. The van der Waals surface area contributed by atoms with E-state index in [0.29, 0.717) is 125 Å². The quantitative estimate of drug-likeness (QED) is 0.0313. The summed E-state index contributed by atoms with van der Waals surface area (Å²) in [5, 5.41) is 0. The highest BCUT2D eigenvalue weighted by Crippen LogP contribution is 2.31. The van der Waals surface area contributed by atoms with Crippen LogP contribution in [0.4, 0.5) is 19.2 Å². The van der Waals surface area contributed by atoms with Crippen LogP contribution in [-0.2, 0) is 95.0 Å². The molecule has 4 rings (SSSR count). The molecule has 0 atom stereocenters. The van der Waals surface area contributed by atoms with Crippen LogP contribution in [0.15, 0.2) is 0 Å². The van der Waals surface area contributed by atoms with Gasteiger partial charge in [0.05, 0.1) is 73.8 Å². The third kappa shape index (κ3) is 29.8. The smallest absolute Gasteiger partial charge is 0.465 e. The molecule has 0 spiro atoms. The van der Waals surface area contributed by atoms with E-state index < -0.39 is 53.9 Å². The minimum Gasteiger partial charge on any atom is -0.465 e. The second-order valence-corrected chi connectivity index (χ2v) is 26.8. The predicted octanol–water partition coefficient (Wildman–Crippen LogP) is 8.52. The highest BCUT2D eigenvalue weighted by molar-refractivity contribution is 7.99. The van der Waals surface area contributed by atoms with Crippen molar-refractivity contribution in [3.05, 3.63) is 0 Å². The number of rotatable bonds is 48. The SMILES string of the molecule is CCC1(COCCCSCCC(=O)OCC(COC(=O)CCSCCCOCC2(CC)COC(=O)OC2)(COC(=O)CCSCCCOCC2(CC)COC(=O)OC2)COC(=O)CCSCCCOCC2(CC)COC(=O)OC2)COC(=O)OC1. The second kappa shape index (κ2) is 41.4. The standard InChI is InChI=1S/C57H92O24S4/c1-5-53(33-74-49(62)75-34-53)29-66-17-9-21-82-25-13-45(58)70-41-57(42-71-46(59)14-26-83-22-10-18-67-30-54(6-2)35-76-50(63)77-36-54,43-72-47(60)15-27-84-23-11-19-68-31-55(7-3)37-78-51(64)79-38-55)44-73-48(61)16-28-85-24-12-20-69-32-56(8-4)39-80-52(65)81-40-56/h5-44H2,1-4H3. The summed E-state index contributed by atoms with van der Waals surface area (Å²) < 4.78 is 87.5. The van der Waals surface area contributed by atoms with Crippen molar-refractivity contribution < 1.29 is 114 Å². The lowest BCUT2D eigenvalue weighted by atomic mass is 9.87. The molecule has 0 bridgehead atoms. The third-order valence-electron chi connectivity index (χ3n) is 14.9. The number of carbonyl (C=O) groups is 8. The molecular formula is C57H92O24S4. The number of esters is 4. The molecule has 0 N–H and O–H groups in total. The van der Waals surface area contributed by atoms with Gasteiger partial charge in [0.2, 0.25) is 0 Å². The van der Waals surface area contributed by atoms with Crippen molar-refractivity contribution in [1.29, 1.82) is 0 Å². The Morgan fingerprint density at radius 3 is 0.741 bits per heavy atom. The normalized spacial score (nSPS) is 17.7. The number of cyclic esters (lactones) is 8. The minimum atomic E-state index is -1.45. The lowest BCUT2D eigenvalue weighted by molar-refractivity contribution is -0.170. The summed E-state index contributed by atoms with van der Waals surface area (Å²) in [5.41, 5.74) is -3.00. The number of carbonyl (C=O) groups excluding carboxylic acids is 8. The summed E-state index contributed by atoms with van der Waals surface area (Å²) in [6.45, 7) is 11.7. The molecule has 488 valence electrons. The van der Waals surface area contributed by atoms with Gasteiger partial charge in [0.15, 0.2) is 0 Å². The topological polar surface area (TPSA) is 284 Å². The zero-order valence-electron chi connectivity index (χ0n) is 50.2. The van der Waals surface area contributed by atoms with E-state index in [-0.39, 0.29) is 127 Å². The molecule has 4 saturated heterocycles. The Morgan fingerprint density at radius 1 is 0.353 bits per heavy atom. The van der Waals surface area contributed by atoms with E-state index in [1.54, 1.807) is 47.0 Å². The number of hydrogen-bond donors (Lipinski definition) is 0. The van der Waals surface area contributed by atoms with Crippen LogP contribution in [0.25, 0.3) is 0 Å². The van der Waals surface area contributed by atoms with E-state index in [2.05, 4.69) is 0 Å². The molecule has 4 fully saturated rings. The summed E-state index contributed by atoms with van der Waals surface area (Å²) in [6, 6.07) is 0. The van der Waals surface area contributed by atoms with Crippen molar-refractivity contribution in [2.24, 2.45) is 27.1 Å². The first-order chi connectivity index (χ1) is 41.1. The van der Waals surface area contributed by atoms with Gasteiger partial charge in [0.25, 0.3) is 0 Å². The summed E-state index contributed by atoms with van der Waals surface area (Å²) in [7, 11) is 0. The Hall–Kier alpha value is -3.80. The Labute approximate surface area is 517 Å². The zero-order valence-corrected chi connectivity index (χ0v) is 53.5. The molecule has 0 amide bonds. The molecule has 28 heteroatoms. The fraction of sp³-hybridized carbons (Fsp3) is 0.860. The maximum Gasteiger partial charge on any atom is 0.508 e. The molecule has 0 radical (unpaired) electrons. The molecule has 24 nitrogen and oxygen atoms in total. The molecule has 0 aromatic carbocycles. The fourth-order valence-electron chi connectivity index (χ4n) is 8.30. The van der Waals surface area contributed by atoms with Crippen LogP contribution in [0.1, 0.15) is 105 Å². The van der Waals surface area contributed by atoms with Gasteiger partial charge in [-0.2, -0.15) is 47.0 Å². The van der Waals surface area contributed by atoms with Crippen LogP contribution in [0.2, 0.25) is 0 Å². The third-order valence-corrected chi connectivity index (χ3v) is 19.2. The van der Waals surface area contributed by atoms with Crippen LogP contribution >= 0.6 is 47.0 Å². The van der Waals surface area contributed by atoms with Gasteiger partial charge < -0.3 is 75.8 Å². The summed E-state index contributed by atoms with van der Waals surface area (Å²) in [6.07, 6.45) is 3.21. The van der Waals surface area contributed by atoms with Crippen molar-refractivity contribution in [2.45, 2.75) is 105 Å². The van der Waals surface area contributed by atoms with Crippen molar-refractivity contribution in [2.75, 3.05) is 178 Å². The van der Waals surface area contributed by atoms with Gasteiger partial charge in [-0.1, -0.05) is 27.7 Å². The largest absolute Gasteiger partial charge is 0.508 e. The first-order valence-electron chi connectivity index (χ1n) is 29.5. The fourth-order valence-corrected chi connectivity index (χ4v) is 11.6. The van der Waals surface area contributed by atoms with Crippen LogP contribution in [-0.4, -0.2) is 227 Å². The van der Waals surface area contributed by atoms with Gasteiger partial charge in [-0.05, 0) is 74.4 Å². The van der Waals surface area contributed by atoms with Gasteiger partial charge in [0.1, 0.15) is 84.7 Å². The molecule has 0 saturated carbocycles. The van der Waals surface area contributed by atoms with E-state index in [1.165, 1.54) is 0 Å². The Bertz CT molecular complexity index is 1700. The van der Waals surface area contributed by atoms with Gasteiger partial charge in [-0.25, -0.2) is 19.2 Å². The average molecular weight is 1290 g/mol. The lowest BCUT2D eigenvalue weighted by Crippen LogP contribution is -2.44. The Kier molecular flexibility index (Phi) is 35.9. The lowest BCUT2D eigenvalue weighted by Gasteiger charge is -2.34. The zero-order chi connectivity index (χ0) is 61.5.